The molecule has 0 saturated carbocycles. The van der Waals surface area contributed by atoms with Crippen molar-refractivity contribution >= 4 is 17.7 Å². The molecule has 1 aliphatic heterocycles. The van der Waals surface area contributed by atoms with Crippen LogP contribution in [0.25, 0.3) is 0 Å². The molecule has 2 rings (SSSR count). The molecule has 2 nitrogen and oxygen atoms in total. The first-order valence-corrected chi connectivity index (χ1v) is 6.31. The van der Waals surface area contributed by atoms with Gasteiger partial charge in [0.25, 0.3) is 0 Å². The lowest BCUT2D eigenvalue weighted by atomic mass is 10.0. The first-order valence-electron chi connectivity index (χ1n) is 5.84. The van der Waals surface area contributed by atoms with Gasteiger partial charge in [-0.15, -0.1) is 0 Å². The summed E-state index contributed by atoms with van der Waals surface area (Å²) in [5.74, 6) is 0. The van der Waals surface area contributed by atoms with Gasteiger partial charge in [-0.3, -0.25) is 4.90 Å². The number of thiocarbonyl (C=S) groups is 1. The van der Waals surface area contributed by atoms with Crippen LogP contribution in [0.1, 0.15) is 18.4 Å². The van der Waals surface area contributed by atoms with E-state index in [0.717, 1.165) is 19.6 Å². The van der Waals surface area contributed by atoms with Gasteiger partial charge in [0, 0.05) is 25.7 Å². The van der Waals surface area contributed by atoms with Gasteiger partial charge < -0.3 is 5.32 Å². The smallest absolute Gasteiger partial charge is 0.0617 e. The fourth-order valence-corrected chi connectivity index (χ4v) is 2.39. The van der Waals surface area contributed by atoms with Crippen molar-refractivity contribution < 1.29 is 0 Å². The normalized spacial score (nSPS) is 18.2. The van der Waals surface area contributed by atoms with Crippen LogP contribution in [0, 0.1) is 0 Å². The molecule has 86 valence electrons. The number of piperidine rings is 1. The predicted octanol–water partition coefficient (Wildman–Crippen LogP) is 2.20. The quantitative estimate of drug-likeness (QED) is 0.804. The highest BCUT2D eigenvalue weighted by molar-refractivity contribution is 7.78. The van der Waals surface area contributed by atoms with E-state index in [0.29, 0.717) is 6.04 Å². The second-order valence-corrected chi connectivity index (χ2v) is 4.56. The van der Waals surface area contributed by atoms with Gasteiger partial charge in [-0.2, -0.15) is 0 Å². The van der Waals surface area contributed by atoms with Gasteiger partial charge in [0.1, 0.15) is 0 Å². The molecule has 0 atom stereocenters. The van der Waals surface area contributed by atoms with Crippen molar-refractivity contribution in [2.75, 3.05) is 13.1 Å². The molecule has 3 heteroatoms. The number of nitrogens with one attached hydrogen (secondary N) is 1. The largest absolute Gasteiger partial charge is 0.379 e. The van der Waals surface area contributed by atoms with Crippen LogP contribution in [0.4, 0.5) is 0 Å². The fourth-order valence-electron chi connectivity index (χ4n) is 2.20. The first-order chi connectivity index (χ1) is 7.88. The average Bonchev–Trinajstić information content (AvgIpc) is 2.33. The van der Waals surface area contributed by atoms with Gasteiger partial charge in [-0.05, 0) is 18.4 Å². The van der Waals surface area contributed by atoms with Crippen LogP contribution in [0.3, 0.4) is 0 Å². The predicted molar refractivity (Wildman–Crippen MR) is 71.5 cm³/mol. The molecule has 0 bridgehead atoms. The Hall–Kier alpha value is -0.930. The number of rotatable bonds is 4. The maximum atomic E-state index is 4.82. The van der Waals surface area contributed by atoms with Crippen LogP contribution < -0.4 is 5.32 Å². The molecule has 0 unspecified atom stereocenters. The topological polar surface area (TPSA) is 15.3 Å². The zero-order valence-electron chi connectivity index (χ0n) is 9.43. The van der Waals surface area contributed by atoms with Crippen molar-refractivity contribution in [2.24, 2.45) is 0 Å². The maximum absolute atomic E-state index is 4.82. The first kappa shape index (κ1) is 11.6. The van der Waals surface area contributed by atoms with Gasteiger partial charge in [0.2, 0.25) is 0 Å². The SMILES string of the molecule is S=CNC1CCN(Cc2ccccc2)CC1. The van der Waals surface area contributed by atoms with Crippen molar-refractivity contribution in [3.63, 3.8) is 0 Å². The molecular weight excluding hydrogens is 216 g/mol. The molecule has 1 fully saturated rings. The molecular formula is C13H18N2S. The fraction of sp³-hybridized carbons (Fsp3) is 0.462. The molecule has 0 amide bonds. The summed E-state index contributed by atoms with van der Waals surface area (Å²) >= 11 is 4.82. The zero-order chi connectivity index (χ0) is 11.2. The van der Waals surface area contributed by atoms with E-state index in [2.05, 4.69) is 40.5 Å². The molecule has 1 aliphatic rings. The van der Waals surface area contributed by atoms with Crippen LogP contribution in [-0.4, -0.2) is 29.5 Å². The van der Waals surface area contributed by atoms with Crippen molar-refractivity contribution in [1.82, 2.24) is 10.2 Å². The van der Waals surface area contributed by atoms with Crippen molar-refractivity contribution in [3.8, 4) is 0 Å². The number of likely N-dealkylation sites (tertiary alicyclic amines) is 1. The molecule has 16 heavy (non-hydrogen) atoms. The monoisotopic (exact) mass is 234 g/mol. The Morgan fingerprint density at radius 3 is 2.56 bits per heavy atom. The molecule has 0 spiro atoms. The van der Waals surface area contributed by atoms with Crippen LogP contribution >= 0.6 is 12.2 Å². The van der Waals surface area contributed by atoms with E-state index in [1.165, 1.54) is 18.4 Å². The third-order valence-corrected chi connectivity index (χ3v) is 3.28. The molecule has 1 N–H and O–H groups in total. The van der Waals surface area contributed by atoms with Gasteiger partial charge >= 0.3 is 0 Å². The minimum absolute atomic E-state index is 0.588. The van der Waals surface area contributed by atoms with E-state index in [-0.39, 0.29) is 0 Å². The van der Waals surface area contributed by atoms with Crippen LogP contribution in [0.15, 0.2) is 30.3 Å². The summed E-state index contributed by atoms with van der Waals surface area (Å²) in [6, 6.07) is 11.3. The summed E-state index contributed by atoms with van der Waals surface area (Å²) in [4.78, 5) is 2.51. The molecule has 1 heterocycles. The van der Waals surface area contributed by atoms with Gasteiger partial charge in [0.15, 0.2) is 0 Å². The van der Waals surface area contributed by atoms with Crippen LogP contribution in [0.5, 0.6) is 0 Å². The average molecular weight is 234 g/mol. The maximum Gasteiger partial charge on any atom is 0.0617 e. The van der Waals surface area contributed by atoms with Crippen molar-refractivity contribution in [3.05, 3.63) is 35.9 Å². The summed E-state index contributed by atoms with van der Waals surface area (Å²) in [6.45, 7) is 3.40. The van der Waals surface area contributed by atoms with Crippen LogP contribution in [-0.2, 0) is 6.54 Å². The van der Waals surface area contributed by atoms with Crippen molar-refractivity contribution in [1.29, 1.82) is 0 Å². The lowest BCUT2D eigenvalue weighted by molar-refractivity contribution is 0.199. The third kappa shape index (κ3) is 3.29. The zero-order valence-corrected chi connectivity index (χ0v) is 10.2. The number of hydrogen-bond acceptors (Lipinski definition) is 2. The van der Waals surface area contributed by atoms with Crippen molar-refractivity contribution in [2.45, 2.75) is 25.4 Å². The number of hydrogen-bond donors (Lipinski definition) is 1. The summed E-state index contributed by atoms with van der Waals surface area (Å²) < 4.78 is 0. The highest BCUT2D eigenvalue weighted by Crippen LogP contribution is 2.13. The highest BCUT2D eigenvalue weighted by atomic mass is 32.1. The lowest BCUT2D eigenvalue weighted by Gasteiger charge is -2.31. The molecule has 1 aromatic rings. The Kier molecular flexibility index (Phi) is 4.31. The highest BCUT2D eigenvalue weighted by Gasteiger charge is 2.17. The van der Waals surface area contributed by atoms with E-state index in [4.69, 9.17) is 12.2 Å². The minimum Gasteiger partial charge on any atom is -0.379 e. The second-order valence-electron chi connectivity index (χ2n) is 4.32. The van der Waals surface area contributed by atoms with Gasteiger partial charge in [-0.1, -0.05) is 42.5 Å². The minimum atomic E-state index is 0.588. The Morgan fingerprint density at radius 2 is 1.94 bits per heavy atom. The van der Waals surface area contributed by atoms with E-state index in [1.807, 2.05) is 0 Å². The summed E-state index contributed by atoms with van der Waals surface area (Å²) in [5, 5.41) is 3.23. The lowest BCUT2D eigenvalue weighted by Crippen LogP contribution is -2.41. The van der Waals surface area contributed by atoms with E-state index < -0.39 is 0 Å². The van der Waals surface area contributed by atoms with E-state index >= 15 is 0 Å². The molecule has 0 aliphatic carbocycles. The number of benzene rings is 1. The molecule has 1 aromatic carbocycles. The Morgan fingerprint density at radius 1 is 1.25 bits per heavy atom. The standard InChI is InChI=1S/C13H18N2S/c16-11-14-13-6-8-15(9-7-13)10-12-4-2-1-3-5-12/h1-5,11,13H,6-10H2,(H,14,16). The molecule has 1 saturated heterocycles. The number of nitrogens with zero attached hydrogens (tertiary/aromatic N) is 1. The second kappa shape index (κ2) is 5.97. The Labute approximate surface area is 103 Å². The van der Waals surface area contributed by atoms with Crippen LogP contribution in [0.2, 0.25) is 0 Å². The molecule has 0 radical (unpaired) electrons. The molecule has 0 aromatic heterocycles. The third-order valence-electron chi connectivity index (χ3n) is 3.14. The van der Waals surface area contributed by atoms with Gasteiger partial charge in [0.05, 0.1) is 5.49 Å². The Balaban J connectivity index is 1.79. The van der Waals surface area contributed by atoms with E-state index in [1.54, 1.807) is 5.49 Å². The Bertz CT molecular complexity index is 318. The summed E-state index contributed by atoms with van der Waals surface area (Å²) in [5.41, 5.74) is 3.06. The summed E-state index contributed by atoms with van der Waals surface area (Å²) in [7, 11) is 0. The van der Waals surface area contributed by atoms with Gasteiger partial charge in [-0.25, -0.2) is 0 Å². The summed E-state index contributed by atoms with van der Waals surface area (Å²) in [6.07, 6.45) is 2.39. The van der Waals surface area contributed by atoms with E-state index in [9.17, 15) is 0 Å².